The summed E-state index contributed by atoms with van der Waals surface area (Å²) in [7, 11) is 8.14. The largest absolute Gasteiger partial charge is 0.550 e. The van der Waals surface area contributed by atoms with Crippen LogP contribution in [0.4, 0.5) is 11.4 Å². The average Bonchev–Trinajstić information content (AvgIpc) is 3.19. The van der Waals surface area contributed by atoms with Crippen LogP contribution in [0.3, 0.4) is 0 Å². The van der Waals surface area contributed by atoms with Crippen molar-refractivity contribution in [3.05, 3.63) is 77.9 Å². The maximum Gasteiger partial charge on any atom is 0.310 e. The molecule has 0 unspecified atom stereocenters. The van der Waals surface area contributed by atoms with Gasteiger partial charge in [-0.15, -0.1) is 9.35 Å². The maximum atomic E-state index is 8.89. The number of carboxylic acids is 1. The molecule has 3 aromatic rings. The summed E-state index contributed by atoms with van der Waals surface area (Å²) in [6.45, 7) is 5.26. The van der Waals surface area contributed by atoms with Crippen molar-refractivity contribution >= 4 is 29.8 Å². The standard InChI is InChI=1S/C24H31N6.C2H4O2/c1-19(2)24-29(25-17-20-7-11-22(12-8-20)27(3)4)15-16-30(24)26-18-21-9-13-23(14-10-21)28(5)6;1-2(3)4/h7-19H,1-6H3;1H3,(H,3,4)/q+1;/p-1/b25-17+,26-18+;. The highest BCUT2D eigenvalue weighted by Gasteiger charge is 2.20. The molecule has 180 valence electrons. The topological polar surface area (TPSA) is 80.1 Å². The average molecular weight is 463 g/mol. The molecule has 8 nitrogen and oxygen atoms in total. The van der Waals surface area contributed by atoms with Gasteiger partial charge in [-0.1, -0.05) is 48.3 Å². The maximum absolute atomic E-state index is 8.89. The first kappa shape index (κ1) is 26.3. The second-order valence-electron chi connectivity index (χ2n) is 8.45. The number of anilines is 2. The number of carbonyl (C=O) groups excluding carboxylic acids is 1. The first-order valence-corrected chi connectivity index (χ1v) is 11.0. The molecule has 8 heteroatoms. The van der Waals surface area contributed by atoms with E-state index in [9.17, 15) is 0 Å². The van der Waals surface area contributed by atoms with Gasteiger partial charge in [-0.05, 0) is 42.3 Å². The number of aromatic nitrogens is 2. The van der Waals surface area contributed by atoms with Crippen LogP contribution in [0.1, 0.15) is 43.6 Å². The van der Waals surface area contributed by atoms with E-state index in [0.717, 1.165) is 23.9 Å². The van der Waals surface area contributed by atoms with Crippen LogP contribution in [0.2, 0.25) is 0 Å². The summed E-state index contributed by atoms with van der Waals surface area (Å²) in [4.78, 5) is 13.1. The molecule has 0 spiro atoms. The van der Waals surface area contributed by atoms with Crippen LogP contribution in [0.25, 0.3) is 0 Å². The van der Waals surface area contributed by atoms with Gasteiger partial charge in [0.05, 0.1) is 18.3 Å². The van der Waals surface area contributed by atoms with Gasteiger partial charge in [0.2, 0.25) is 0 Å². The zero-order valence-corrected chi connectivity index (χ0v) is 21.0. The van der Waals surface area contributed by atoms with Crippen LogP contribution in [-0.4, -0.2) is 51.3 Å². The minimum absolute atomic E-state index is 0.265. The fourth-order valence-corrected chi connectivity index (χ4v) is 3.08. The lowest BCUT2D eigenvalue weighted by molar-refractivity contribution is -0.686. The number of hydrogen-bond acceptors (Lipinski definition) is 6. The Morgan fingerprint density at radius 3 is 1.76 bits per heavy atom. The lowest BCUT2D eigenvalue weighted by Crippen LogP contribution is -2.32. The molecule has 0 radical (unpaired) electrons. The lowest BCUT2D eigenvalue weighted by atomic mass is 10.2. The number of carbonyl (C=O) groups is 1. The van der Waals surface area contributed by atoms with E-state index < -0.39 is 5.97 Å². The molecule has 0 aliphatic carbocycles. The Labute approximate surface area is 202 Å². The van der Waals surface area contributed by atoms with Gasteiger partial charge < -0.3 is 19.7 Å². The van der Waals surface area contributed by atoms with Gasteiger partial charge in [-0.25, -0.2) is 0 Å². The molecule has 0 bridgehead atoms. The van der Waals surface area contributed by atoms with E-state index in [2.05, 4.69) is 82.4 Å². The molecular weight excluding hydrogens is 428 g/mol. The molecule has 0 atom stereocenters. The number of nitrogens with zero attached hydrogens (tertiary/aromatic N) is 6. The van der Waals surface area contributed by atoms with Gasteiger partial charge in [-0.2, -0.15) is 0 Å². The fourth-order valence-electron chi connectivity index (χ4n) is 3.08. The van der Waals surface area contributed by atoms with Gasteiger partial charge in [0.15, 0.2) is 12.4 Å². The van der Waals surface area contributed by atoms with Crippen LogP contribution in [0.5, 0.6) is 0 Å². The van der Waals surface area contributed by atoms with Crippen LogP contribution in [0, 0.1) is 0 Å². The monoisotopic (exact) mass is 462 g/mol. The van der Waals surface area contributed by atoms with Crippen LogP contribution in [-0.2, 0) is 4.79 Å². The van der Waals surface area contributed by atoms with Crippen molar-refractivity contribution in [2.75, 3.05) is 38.0 Å². The summed E-state index contributed by atoms with van der Waals surface area (Å²) >= 11 is 0. The third-order valence-electron chi connectivity index (χ3n) is 4.82. The van der Waals surface area contributed by atoms with Gasteiger partial charge in [0.1, 0.15) is 0 Å². The molecule has 0 aliphatic heterocycles. The molecule has 3 rings (SSSR count). The Balaban J connectivity index is 0.000000945. The Hall–Kier alpha value is -3.94. The Morgan fingerprint density at radius 2 is 1.35 bits per heavy atom. The van der Waals surface area contributed by atoms with E-state index in [1.54, 1.807) is 0 Å². The normalized spacial score (nSPS) is 11.1. The van der Waals surface area contributed by atoms with Crippen molar-refractivity contribution < 1.29 is 14.6 Å². The highest BCUT2D eigenvalue weighted by Crippen LogP contribution is 2.13. The summed E-state index contributed by atoms with van der Waals surface area (Å²) in [6.07, 6.45) is 7.62. The van der Waals surface area contributed by atoms with Gasteiger partial charge in [0, 0.05) is 45.5 Å². The van der Waals surface area contributed by atoms with Crippen molar-refractivity contribution in [2.45, 2.75) is 26.7 Å². The Morgan fingerprint density at radius 1 is 0.912 bits per heavy atom. The van der Waals surface area contributed by atoms with Gasteiger partial charge in [-0.3, -0.25) is 0 Å². The van der Waals surface area contributed by atoms with Gasteiger partial charge >= 0.3 is 5.82 Å². The highest BCUT2D eigenvalue weighted by atomic mass is 16.4. The van der Waals surface area contributed by atoms with Crippen LogP contribution >= 0.6 is 0 Å². The number of hydrogen-bond donors (Lipinski definition) is 0. The third-order valence-corrected chi connectivity index (χ3v) is 4.82. The fraction of sp³-hybridized carbons (Fsp3) is 0.308. The zero-order valence-electron chi connectivity index (χ0n) is 21.0. The summed E-state index contributed by atoms with van der Waals surface area (Å²) in [5.74, 6) is 0.193. The quantitative estimate of drug-likeness (QED) is 0.399. The van der Waals surface area contributed by atoms with Crippen molar-refractivity contribution in [1.29, 1.82) is 0 Å². The minimum atomic E-state index is -1.08. The van der Waals surface area contributed by atoms with E-state index in [4.69, 9.17) is 9.90 Å². The summed E-state index contributed by atoms with van der Waals surface area (Å²) in [6, 6.07) is 16.6. The van der Waals surface area contributed by atoms with Gasteiger partial charge in [0.25, 0.3) is 0 Å². The molecule has 34 heavy (non-hydrogen) atoms. The van der Waals surface area contributed by atoms with E-state index >= 15 is 0 Å². The molecule has 2 aromatic carbocycles. The molecular formula is C26H34N6O2. The third kappa shape index (κ3) is 7.88. The zero-order chi connectivity index (χ0) is 25.3. The second kappa shape index (κ2) is 12.3. The first-order valence-electron chi connectivity index (χ1n) is 11.0. The SMILES string of the molecule is CC(=O)[O-].CC(C)c1n(/N=C/c2ccc(N(C)C)cc2)cc[n+]1/N=C/c1ccc(N(C)C)cc1. The molecule has 0 aliphatic rings. The molecule has 0 N–H and O–H groups in total. The summed E-state index contributed by atoms with van der Waals surface area (Å²) in [5.41, 5.74) is 4.45. The summed E-state index contributed by atoms with van der Waals surface area (Å²) in [5, 5.41) is 18.2. The molecule has 0 fully saturated rings. The van der Waals surface area contributed by atoms with Crippen molar-refractivity contribution in [3.8, 4) is 0 Å². The number of benzene rings is 2. The van der Waals surface area contributed by atoms with E-state index in [1.165, 1.54) is 11.4 Å². The summed E-state index contributed by atoms with van der Waals surface area (Å²) < 4.78 is 3.77. The minimum Gasteiger partial charge on any atom is -0.550 e. The number of carboxylic acid groups (broad SMARTS) is 1. The number of aliphatic carboxylic acids is 1. The number of imidazole rings is 1. The second-order valence-corrected chi connectivity index (χ2v) is 8.45. The van der Waals surface area contributed by atoms with Crippen LogP contribution < -0.4 is 19.6 Å². The first-order chi connectivity index (χ1) is 16.1. The molecule has 1 aromatic heterocycles. The lowest BCUT2D eigenvalue weighted by Gasteiger charge is -2.11. The molecule has 0 saturated carbocycles. The predicted molar refractivity (Wildman–Crippen MR) is 137 cm³/mol. The highest BCUT2D eigenvalue weighted by molar-refractivity contribution is 5.80. The smallest absolute Gasteiger partial charge is 0.310 e. The van der Waals surface area contributed by atoms with Crippen molar-refractivity contribution in [2.24, 2.45) is 10.2 Å². The Kier molecular flexibility index (Phi) is 9.55. The number of rotatable bonds is 7. The van der Waals surface area contributed by atoms with E-state index in [-0.39, 0.29) is 5.92 Å². The molecule has 0 saturated heterocycles. The van der Waals surface area contributed by atoms with E-state index in [0.29, 0.717) is 0 Å². The molecule has 0 amide bonds. The van der Waals surface area contributed by atoms with Crippen LogP contribution in [0.15, 0.2) is 71.1 Å². The van der Waals surface area contributed by atoms with E-state index in [1.807, 2.05) is 62.4 Å². The molecule has 1 heterocycles. The predicted octanol–water partition coefficient (Wildman–Crippen LogP) is 2.55. The Bertz CT molecular complexity index is 1030. The van der Waals surface area contributed by atoms with Crippen molar-refractivity contribution in [1.82, 2.24) is 4.68 Å². The van der Waals surface area contributed by atoms with Crippen molar-refractivity contribution in [3.63, 3.8) is 0 Å².